The van der Waals surface area contributed by atoms with Crippen LogP contribution in [0.2, 0.25) is 0 Å². The molecule has 2 heterocycles. The van der Waals surface area contributed by atoms with E-state index in [1.165, 1.54) is 0 Å². The first-order valence-corrected chi connectivity index (χ1v) is 8.94. The van der Waals surface area contributed by atoms with Gasteiger partial charge in [0.05, 0.1) is 23.1 Å². The number of aryl methyl sites for hydroxylation is 1. The number of nitrogens with zero attached hydrogens (tertiary/aromatic N) is 1. The monoisotopic (exact) mass is 365 g/mol. The Kier molecular flexibility index (Phi) is 4.49. The van der Waals surface area contributed by atoms with Crippen LogP contribution in [0.15, 0.2) is 48.5 Å². The molecule has 6 heteroatoms. The van der Waals surface area contributed by atoms with E-state index in [1.54, 1.807) is 24.3 Å². The van der Waals surface area contributed by atoms with E-state index < -0.39 is 29.8 Å². The first kappa shape index (κ1) is 17.4. The van der Waals surface area contributed by atoms with Gasteiger partial charge in [-0.15, -0.1) is 0 Å². The molecule has 2 amide bonds. The molecule has 2 aromatic carbocycles. The molecule has 6 nitrogen and oxygen atoms in total. The molecule has 2 atom stereocenters. The van der Waals surface area contributed by atoms with Crippen molar-refractivity contribution in [1.82, 2.24) is 5.06 Å². The second kappa shape index (κ2) is 6.96. The van der Waals surface area contributed by atoms with Crippen molar-refractivity contribution in [3.63, 3.8) is 0 Å². The lowest BCUT2D eigenvalue weighted by Gasteiger charge is -2.31. The number of hydrogen-bond acceptors (Lipinski definition) is 5. The van der Waals surface area contributed by atoms with Crippen molar-refractivity contribution >= 4 is 17.8 Å². The van der Waals surface area contributed by atoms with Crippen LogP contribution in [0.25, 0.3) is 0 Å². The van der Waals surface area contributed by atoms with Crippen molar-refractivity contribution in [3.8, 4) is 0 Å². The van der Waals surface area contributed by atoms with Gasteiger partial charge in [0, 0.05) is 6.61 Å². The van der Waals surface area contributed by atoms with Crippen LogP contribution in [0.4, 0.5) is 0 Å². The average molecular weight is 365 g/mol. The lowest BCUT2D eigenvalue weighted by atomic mass is 9.89. The van der Waals surface area contributed by atoms with Crippen LogP contribution in [-0.4, -0.2) is 29.5 Å². The Morgan fingerprint density at radius 2 is 1.67 bits per heavy atom. The van der Waals surface area contributed by atoms with Crippen molar-refractivity contribution in [2.45, 2.75) is 25.9 Å². The maximum Gasteiger partial charge on any atom is 0.339 e. The molecule has 1 saturated heterocycles. The second-order valence-corrected chi connectivity index (χ2v) is 6.81. The quantitative estimate of drug-likeness (QED) is 0.781. The molecule has 0 spiro atoms. The standard InChI is InChI=1S/C21H19NO5/c1-13-8-10-14(11-9-13)18-17(7-4-12-26-18)21(25)27-22-19(23)15-5-2-3-6-16(15)20(22)24/h2-3,5-6,8-11,17-18H,4,7,12H2,1H3/t17-,18+/m1/s1. The Hall–Kier alpha value is -2.99. The third kappa shape index (κ3) is 3.13. The van der Waals surface area contributed by atoms with E-state index in [0.29, 0.717) is 24.5 Å². The number of rotatable bonds is 3. The fourth-order valence-corrected chi connectivity index (χ4v) is 3.51. The predicted octanol–water partition coefficient (Wildman–Crippen LogP) is 3.22. The fourth-order valence-electron chi connectivity index (χ4n) is 3.51. The first-order chi connectivity index (χ1) is 13.1. The highest BCUT2D eigenvalue weighted by Crippen LogP contribution is 2.35. The number of amides is 2. The van der Waals surface area contributed by atoms with Crippen LogP contribution >= 0.6 is 0 Å². The summed E-state index contributed by atoms with van der Waals surface area (Å²) in [6, 6.07) is 14.2. The smallest absolute Gasteiger partial charge is 0.339 e. The Morgan fingerprint density at radius 1 is 1.04 bits per heavy atom. The number of fused-ring (bicyclic) bond motifs is 1. The number of carbonyl (C=O) groups is 3. The number of ether oxygens (including phenoxy) is 1. The molecule has 0 radical (unpaired) electrons. The van der Waals surface area contributed by atoms with Crippen molar-refractivity contribution in [3.05, 3.63) is 70.8 Å². The van der Waals surface area contributed by atoms with Gasteiger partial charge in [-0.3, -0.25) is 9.59 Å². The maximum atomic E-state index is 12.8. The number of hydroxylamine groups is 2. The van der Waals surface area contributed by atoms with Crippen LogP contribution in [0.5, 0.6) is 0 Å². The molecule has 2 aromatic rings. The normalized spacial score (nSPS) is 21.9. The zero-order valence-electron chi connectivity index (χ0n) is 14.9. The molecule has 2 aliphatic rings. The molecular weight excluding hydrogens is 346 g/mol. The summed E-state index contributed by atoms with van der Waals surface area (Å²) in [5.74, 6) is -2.44. The largest absolute Gasteiger partial charge is 0.373 e. The Bertz CT molecular complexity index is 870. The highest BCUT2D eigenvalue weighted by molar-refractivity contribution is 6.20. The third-order valence-corrected chi connectivity index (χ3v) is 4.97. The van der Waals surface area contributed by atoms with Gasteiger partial charge in [0.25, 0.3) is 11.8 Å². The highest BCUT2D eigenvalue weighted by atomic mass is 16.7. The highest BCUT2D eigenvalue weighted by Gasteiger charge is 2.42. The van der Waals surface area contributed by atoms with E-state index in [9.17, 15) is 14.4 Å². The van der Waals surface area contributed by atoms with Crippen molar-refractivity contribution in [1.29, 1.82) is 0 Å². The minimum atomic E-state index is -0.630. The van der Waals surface area contributed by atoms with Gasteiger partial charge in [0.15, 0.2) is 0 Å². The summed E-state index contributed by atoms with van der Waals surface area (Å²) in [5, 5.41) is 0.563. The first-order valence-electron chi connectivity index (χ1n) is 8.94. The number of benzene rings is 2. The summed E-state index contributed by atoms with van der Waals surface area (Å²) >= 11 is 0. The van der Waals surface area contributed by atoms with Crippen LogP contribution < -0.4 is 0 Å². The summed E-state index contributed by atoms with van der Waals surface area (Å²) < 4.78 is 5.83. The Labute approximate surface area is 156 Å². The minimum Gasteiger partial charge on any atom is -0.373 e. The molecule has 0 aromatic heterocycles. The average Bonchev–Trinajstić information content (AvgIpc) is 2.94. The molecule has 0 N–H and O–H groups in total. The predicted molar refractivity (Wildman–Crippen MR) is 95.6 cm³/mol. The fraction of sp³-hybridized carbons (Fsp3) is 0.286. The van der Waals surface area contributed by atoms with Crippen molar-refractivity contribution in [2.75, 3.05) is 6.61 Å². The van der Waals surface area contributed by atoms with E-state index >= 15 is 0 Å². The van der Waals surface area contributed by atoms with E-state index in [4.69, 9.17) is 9.57 Å². The van der Waals surface area contributed by atoms with Gasteiger partial charge in [0.2, 0.25) is 0 Å². The summed E-state index contributed by atoms with van der Waals surface area (Å²) in [4.78, 5) is 42.9. The lowest BCUT2D eigenvalue weighted by Crippen LogP contribution is -2.38. The van der Waals surface area contributed by atoms with Crippen LogP contribution in [0.1, 0.15) is 50.8 Å². The topological polar surface area (TPSA) is 72.9 Å². The van der Waals surface area contributed by atoms with Gasteiger partial charge >= 0.3 is 5.97 Å². The van der Waals surface area contributed by atoms with Crippen LogP contribution in [0, 0.1) is 12.8 Å². The molecule has 0 bridgehead atoms. The zero-order valence-corrected chi connectivity index (χ0v) is 14.9. The molecule has 0 aliphatic carbocycles. The summed E-state index contributed by atoms with van der Waals surface area (Å²) in [7, 11) is 0. The SMILES string of the molecule is Cc1ccc([C@@H]2OCCC[C@H]2C(=O)ON2C(=O)c3ccccc3C2=O)cc1. The van der Waals surface area contributed by atoms with Gasteiger partial charge in [-0.25, -0.2) is 4.79 Å². The van der Waals surface area contributed by atoms with Crippen LogP contribution in [0.3, 0.4) is 0 Å². The second-order valence-electron chi connectivity index (χ2n) is 6.81. The van der Waals surface area contributed by atoms with Gasteiger partial charge in [0.1, 0.15) is 0 Å². The molecule has 0 unspecified atom stereocenters. The molecular formula is C21H19NO5. The van der Waals surface area contributed by atoms with Crippen LogP contribution in [-0.2, 0) is 14.4 Å². The summed E-state index contributed by atoms with van der Waals surface area (Å²) in [6.07, 6.45) is 0.826. The molecule has 1 fully saturated rings. The number of imide groups is 1. The van der Waals surface area contributed by atoms with Gasteiger partial charge in [-0.05, 0) is 37.5 Å². The molecule has 2 aliphatic heterocycles. The third-order valence-electron chi connectivity index (χ3n) is 4.97. The maximum absolute atomic E-state index is 12.8. The number of hydrogen-bond donors (Lipinski definition) is 0. The van der Waals surface area contributed by atoms with Gasteiger partial charge < -0.3 is 9.57 Å². The Balaban J connectivity index is 1.54. The molecule has 138 valence electrons. The van der Waals surface area contributed by atoms with Gasteiger partial charge in [-0.2, -0.15) is 0 Å². The molecule has 4 rings (SSSR count). The number of carbonyl (C=O) groups excluding carboxylic acids is 3. The van der Waals surface area contributed by atoms with Gasteiger partial charge in [-0.1, -0.05) is 47.0 Å². The molecule has 0 saturated carbocycles. The van der Waals surface area contributed by atoms with E-state index in [1.807, 2.05) is 31.2 Å². The van der Waals surface area contributed by atoms with E-state index in [-0.39, 0.29) is 11.1 Å². The minimum absolute atomic E-state index is 0.241. The van der Waals surface area contributed by atoms with Crippen molar-refractivity contribution in [2.24, 2.45) is 5.92 Å². The van der Waals surface area contributed by atoms with Crippen molar-refractivity contribution < 1.29 is 24.0 Å². The summed E-state index contributed by atoms with van der Waals surface area (Å²) in [5.41, 5.74) is 2.47. The Morgan fingerprint density at radius 3 is 2.30 bits per heavy atom. The summed E-state index contributed by atoms with van der Waals surface area (Å²) in [6.45, 7) is 2.54. The lowest BCUT2D eigenvalue weighted by molar-refractivity contribution is -0.183. The van der Waals surface area contributed by atoms with E-state index in [2.05, 4.69) is 0 Å². The molecule has 27 heavy (non-hydrogen) atoms. The zero-order chi connectivity index (χ0) is 19.0. The van der Waals surface area contributed by atoms with E-state index in [0.717, 1.165) is 11.1 Å².